The van der Waals surface area contributed by atoms with Gasteiger partial charge in [0, 0.05) is 10.4 Å². The molecule has 5 rings (SSSR count). The first-order valence-corrected chi connectivity index (χ1v) is 10.4. The third-order valence-corrected chi connectivity index (χ3v) is 6.41. The maximum absolute atomic E-state index is 12.9. The second kappa shape index (κ2) is 7.38. The smallest absolute Gasteiger partial charge is 0.335 e. The Kier molecular flexibility index (Phi) is 4.55. The zero-order valence-electron chi connectivity index (χ0n) is 15.9. The molecule has 0 spiro atoms. The lowest BCUT2D eigenvalue weighted by molar-refractivity contribution is 0.0697. The predicted molar refractivity (Wildman–Crippen MR) is 115 cm³/mol. The third-order valence-electron chi connectivity index (χ3n) is 5.21. The SMILES string of the molecule is O=C(O)c1ccc(-c2ccc(/C=N/n3cnc4sc5c(c4c3=O)CCCC5)o2)cc1. The van der Waals surface area contributed by atoms with Crippen molar-refractivity contribution in [3.05, 3.63) is 74.8 Å². The summed E-state index contributed by atoms with van der Waals surface area (Å²) in [5.74, 6) is 0.0876. The molecular weight excluding hydrogens is 402 g/mol. The molecule has 0 unspecified atom stereocenters. The number of furan rings is 1. The molecule has 4 aromatic rings. The van der Waals surface area contributed by atoms with E-state index in [0.717, 1.165) is 41.6 Å². The Labute approximate surface area is 174 Å². The highest BCUT2D eigenvalue weighted by atomic mass is 32.1. The number of carboxylic acid groups (broad SMARTS) is 1. The molecule has 30 heavy (non-hydrogen) atoms. The summed E-state index contributed by atoms with van der Waals surface area (Å²) in [6, 6.07) is 9.94. The predicted octanol–water partition coefficient (Wildman–Crippen LogP) is 4.18. The fraction of sp³-hybridized carbons (Fsp3) is 0.182. The van der Waals surface area contributed by atoms with Crippen molar-refractivity contribution in [1.29, 1.82) is 0 Å². The van der Waals surface area contributed by atoms with Crippen molar-refractivity contribution in [3.63, 3.8) is 0 Å². The van der Waals surface area contributed by atoms with Gasteiger partial charge in [0.05, 0.1) is 17.2 Å². The van der Waals surface area contributed by atoms with Crippen LogP contribution in [0, 0.1) is 0 Å². The van der Waals surface area contributed by atoms with Crippen LogP contribution in [-0.4, -0.2) is 27.0 Å². The van der Waals surface area contributed by atoms with Crippen molar-refractivity contribution in [2.75, 3.05) is 0 Å². The Bertz CT molecular complexity index is 1350. The van der Waals surface area contributed by atoms with E-state index >= 15 is 0 Å². The van der Waals surface area contributed by atoms with Crippen LogP contribution in [0.3, 0.4) is 0 Å². The summed E-state index contributed by atoms with van der Waals surface area (Å²) >= 11 is 1.61. The Balaban J connectivity index is 1.43. The van der Waals surface area contributed by atoms with Crippen molar-refractivity contribution >= 4 is 33.7 Å². The van der Waals surface area contributed by atoms with E-state index in [2.05, 4.69) is 10.1 Å². The van der Waals surface area contributed by atoms with Gasteiger partial charge in [-0.15, -0.1) is 11.3 Å². The molecule has 1 aliphatic carbocycles. The van der Waals surface area contributed by atoms with Crippen LogP contribution in [-0.2, 0) is 12.8 Å². The number of aromatic nitrogens is 2. The van der Waals surface area contributed by atoms with E-state index in [4.69, 9.17) is 9.52 Å². The lowest BCUT2D eigenvalue weighted by atomic mass is 9.97. The fourth-order valence-corrected chi connectivity index (χ4v) is 4.91. The number of benzene rings is 1. The first-order valence-electron chi connectivity index (χ1n) is 9.60. The van der Waals surface area contributed by atoms with Gasteiger partial charge in [0.1, 0.15) is 22.7 Å². The topological polar surface area (TPSA) is 97.7 Å². The van der Waals surface area contributed by atoms with E-state index in [-0.39, 0.29) is 11.1 Å². The molecular formula is C22H17N3O4S. The van der Waals surface area contributed by atoms with Crippen molar-refractivity contribution in [2.45, 2.75) is 25.7 Å². The van der Waals surface area contributed by atoms with Gasteiger partial charge in [0.2, 0.25) is 0 Å². The normalized spacial score (nSPS) is 13.7. The van der Waals surface area contributed by atoms with Crippen LogP contribution in [0.15, 0.2) is 57.0 Å². The van der Waals surface area contributed by atoms with Crippen molar-refractivity contribution in [2.24, 2.45) is 5.10 Å². The van der Waals surface area contributed by atoms with E-state index in [9.17, 15) is 9.59 Å². The minimum absolute atomic E-state index is 0.160. The van der Waals surface area contributed by atoms with Gasteiger partial charge in [-0.2, -0.15) is 9.78 Å². The fourth-order valence-electron chi connectivity index (χ4n) is 3.69. The molecule has 1 aromatic carbocycles. The average Bonchev–Trinajstić information content (AvgIpc) is 3.38. The van der Waals surface area contributed by atoms with Gasteiger partial charge in [-0.3, -0.25) is 4.79 Å². The molecule has 0 bridgehead atoms. The minimum atomic E-state index is -0.975. The molecule has 150 valence electrons. The van der Waals surface area contributed by atoms with E-state index in [1.165, 1.54) is 34.2 Å². The van der Waals surface area contributed by atoms with Crippen LogP contribution >= 0.6 is 11.3 Å². The highest BCUT2D eigenvalue weighted by Gasteiger charge is 2.19. The number of thiophene rings is 1. The molecule has 1 aliphatic rings. The molecule has 0 fully saturated rings. The Morgan fingerprint density at radius 3 is 2.77 bits per heavy atom. The molecule has 0 radical (unpaired) electrons. The minimum Gasteiger partial charge on any atom is -0.478 e. The van der Waals surface area contributed by atoms with Crippen LogP contribution in [0.5, 0.6) is 0 Å². The Morgan fingerprint density at radius 1 is 1.17 bits per heavy atom. The maximum Gasteiger partial charge on any atom is 0.335 e. The number of aryl methyl sites for hydroxylation is 2. The van der Waals surface area contributed by atoms with Crippen molar-refractivity contribution in [1.82, 2.24) is 9.66 Å². The quantitative estimate of drug-likeness (QED) is 0.501. The van der Waals surface area contributed by atoms with E-state index in [1.54, 1.807) is 35.6 Å². The summed E-state index contributed by atoms with van der Waals surface area (Å²) in [6.07, 6.45) is 7.11. The molecule has 0 amide bonds. The number of hydrogen-bond acceptors (Lipinski definition) is 6. The van der Waals surface area contributed by atoms with Gasteiger partial charge in [-0.25, -0.2) is 9.78 Å². The number of hydrogen-bond donors (Lipinski definition) is 1. The van der Waals surface area contributed by atoms with Crippen molar-refractivity contribution < 1.29 is 14.3 Å². The third kappa shape index (κ3) is 3.25. The summed E-state index contributed by atoms with van der Waals surface area (Å²) in [5, 5.41) is 13.9. The van der Waals surface area contributed by atoms with Crippen LogP contribution in [0.1, 0.15) is 39.4 Å². The van der Waals surface area contributed by atoms with Gasteiger partial charge in [-0.05, 0) is 55.5 Å². The van der Waals surface area contributed by atoms with E-state index in [1.807, 2.05) is 0 Å². The van der Waals surface area contributed by atoms with Gasteiger partial charge >= 0.3 is 5.97 Å². The molecule has 7 nitrogen and oxygen atoms in total. The lowest BCUT2D eigenvalue weighted by Crippen LogP contribution is -2.17. The number of nitrogens with zero attached hydrogens (tertiary/aromatic N) is 3. The number of carbonyl (C=O) groups is 1. The molecule has 8 heteroatoms. The molecule has 0 saturated carbocycles. The van der Waals surface area contributed by atoms with Crippen LogP contribution < -0.4 is 5.56 Å². The second-order valence-electron chi connectivity index (χ2n) is 7.11. The second-order valence-corrected chi connectivity index (χ2v) is 8.20. The summed E-state index contributed by atoms with van der Waals surface area (Å²) in [7, 11) is 0. The van der Waals surface area contributed by atoms with Crippen molar-refractivity contribution in [3.8, 4) is 11.3 Å². The summed E-state index contributed by atoms with van der Waals surface area (Å²) in [6.45, 7) is 0. The molecule has 0 aliphatic heterocycles. The molecule has 3 heterocycles. The average molecular weight is 419 g/mol. The molecule has 1 N–H and O–H groups in total. The lowest BCUT2D eigenvalue weighted by Gasteiger charge is -2.09. The zero-order chi connectivity index (χ0) is 20.7. The van der Waals surface area contributed by atoms with Crippen LogP contribution in [0.2, 0.25) is 0 Å². The summed E-state index contributed by atoms with van der Waals surface area (Å²) in [4.78, 5) is 30.4. The van der Waals surface area contributed by atoms with Gasteiger partial charge in [-0.1, -0.05) is 12.1 Å². The highest BCUT2D eigenvalue weighted by molar-refractivity contribution is 7.18. The first-order chi connectivity index (χ1) is 14.6. The van der Waals surface area contributed by atoms with E-state index in [0.29, 0.717) is 16.9 Å². The Hall–Kier alpha value is -3.52. The number of carboxylic acids is 1. The van der Waals surface area contributed by atoms with Gasteiger partial charge in [0.25, 0.3) is 5.56 Å². The maximum atomic E-state index is 12.9. The number of aromatic carboxylic acids is 1. The highest BCUT2D eigenvalue weighted by Crippen LogP contribution is 2.33. The van der Waals surface area contributed by atoms with Gasteiger partial charge < -0.3 is 9.52 Å². The zero-order valence-corrected chi connectivity index (χ0v) is 16.7. The summed E-state index contributed by atoms with van der Waals surface area (Å²) in [5.41, 5.74) is 1.94. The van der Waals surface area contributed by atoms with Crippen LogP contribution in [0.25, 0.3) is 21.5 Å². The number of fused-ring (bicyclic) bond motifs is 3. The monoisotopic (exact) mass is 419 g/mol. The Morgan fingerprint density at radius 2 is 1.97 bits per heavy atom. The molecule has 0 saturated heterocycles. The standard InChI is InChI=1S/C22H17N3O4S/c26-21-19-16-3-1-2-4-18(16)30-20(19)23-12-25(21)24-11-15-9-10-17(29-15)13-5-7-14(8-6-13)22(27)28/h5-12H,1-4H2,(H,27,28)/b24-11+. The first kappa shape index (κ1) is 18.5. The summed E-state index contributed by atoms with van der Waals surface area (Å²) < 4.78 is 7.01. The molecule has 3 aromatic heterocycles. The largest absolute Gasteiger partial charge is 0.478 e. The van der Waals surface area contributed by atoms with E-state index < -0.39 is 5.97 Å². The molecule has 0 atom stereocenters. The number of rotatable bonds is 4. The van der Waals surface area contributed by atoms with Gasteiger partial charge in [0.15, 0.2) is 0 Å². The van der Waals surface area contributed by atoms with Crippen LogP contribution in [0.4, 0.5) is 0 Å².